The summed E-state index contributed by atoms with van der Waals surface area (Å²) in [4.78, 5) is 12.1. The van der Waals surface area contributed by atoms with Crippen molar-refractivity contribution >= 4 is 5.91 Å². The number of methoxy groups -OCH3 is 1. The molecule has 0 fully saturated rings. The van der Waals surface area contributed by atoms with Crippen LogP contribution in [0.5, 0.6) is 0 Å². The van der Waals surface area contributed by atoms with Crippen LogP contribution in [0.1, 0.15) is 11.1 Å². The van der Waals surface area contributed by atoms with E-state index < -0.39 is 0 Å². The minimum absolute atomic E-state index is 0.0501. The van der Waals surface area contributed by atoms with Crippen molar-refractivity contribution in [2.75, 3.05) is 26.8 Å². The van der Waals surface area contributed by atoms with Gasteiger partial charge >= 0.3 is 0 Å². The molecule has 6 nitrogen and oxygen atoms in total. The molecule has 0 radical (unpaired) electrons. The molecule has 1 heterocycles. The van der Waals surface area contributed by atoms with Gasteiger partial charge in [-0.1, -0.05) is 60.7 Å². The molecule has 146 valence electrons. The molecule has 3 rings (SSSR count). The first kappa shape index (κ1) is 19.8. The Morgan fingerprint density at radius 2 is 1.79 bits per heavy atom. The minimum Gasteiger partial charge on any atom is -0.383 e. The van der Waals surface area contributed by atoms with Crippen LogP contribution in [0.2, 0.25) is 0 Å². The number of nitrogens with zero attached hydrogens (tertiary/aromatic N) is 2. The van der Waals surface area contributed by atoms with E-state index in [-0.39, 0.29) is 12.5 Å². The van der Waals surface area contributed by atoms with E-state index in [2.05, 4.69) is 22.8 Å². The second kappa shape index (κ2) is 10.4. The van der Waals surface area contributed by atoms with Crippen molar-refractivity contribution in [2.45, 2.75) is 13.1 Å². The van der Waals surface area contributed by atoms with Crippen molar-refractivity contribution in [3.05, 3.63) is 78.0 Å². The predicted molar refractivity (Wildman–Crippen MR) is 110 cm³/mol. The number of hydrogen-bond acceptors (Lipinski definition) is 4. The normalized spacial score (nSPS) is 10.8. The van der Waals surface area contributed by atoms with Crippen molar-refractivity contribution in [3.8, 4) is 11.3 Å². The zero-order valence-corrected chi connectivity index (χ0v) is 16.1. The molecule has 0 aliphatic carbocycles. The molecule has 0 unspecified atom stereocenters. The Hall–Kier alpha value is -2.96. The van der Waals surface area contributed by atoms with Gasteiger partial charge < -0.3 is 15.4 Å². The van der Waals surface area contributed by atoms with Crippen molar-refractivity contribution in [2.24, 2.45) is 0 Å². The van der Waals surface area contributed by atoms with E-state index in [0.717, 1.165) is 16.8 Å². The summed E-state index contributed by atoms with van der Waals surface area (Å²) in [7, 11) is 1.64. The largest absolute Gasteiger partial charge is 0.383 e. The fourth-order valence-corrected chi connectivity index (χ4v) is 2.92. The maximum absolute atomic E-state index is 12.1. The lowest BCUT2D eigenvalue weighted by Gasteiger charge is -2.07. The smallest absolute Gasteiger partial charge is 0.234 e. The summed E-state index contributed by atoms with van der Waals surface area (Å²) in [6, 6.07) is 20.2. The maximum Gasteiger partial charge on any atom is 0.234 e. The van der Waals surface area contributed by atoms with Gasteiger partial charge in [-0.3, -0.25) is 9.48 Å². The second-order valence-electron chi connectivity index (χ2n) is 6.50. The van der Waals surface area contributed by atoms with Crippen LogP contribution in [0, 0.1) is 0 Å². The van der Waals surface area contributed by atoms with E-state index >= 15 is 0 Å². The lowest BCUT2D eigenvalue weighted by atomic mass is 10.1. The van der Waals surface area contributed by atoms with Crippen molar-refractivity contribution in [3.63, 3.8) is 0 Å². The van der Waals surface area contributed by atoms with Gasteiger partial charge in [0.1, 0.15) is 0 Å². The van der Waals surface area contributed by atoms with E-state index in [1.165, 1.54) is 5.56 Å². The summed E-state index contributed by atoms with van der Waals surface area (Å²) < 4.78 is 6.89. The SMILES string of the molecule is COCCNCC(=O)NCc1cn(Cc2ccccc2)nc1-c1ccccc1. The van der Waals surface area contributed by atoms with Gasteiger partial charge in [0.2, 0.25) is 5.91 Å². The van der Waals surface area contributed by atoms with E-state index in [0.29, 0.717) is 26.2 Å². The van der Waals surface area contributed by atoms with Gasteiger partial charge in [0.15, 0.2) is 0 Å². The topological polar surface area (TPSA) is 68.2 Å². The Kier molecular flexibility index (Phi) is 7.35. The average Bonchev–Trinajstić information content (AvgIpc) is 3.14. The molecule has 2 N–H and O–H groups in total. The number of hydrogen-bond donors (Lipinski definition) is 2. The fourth-order valence-electron chi connectivity index (χ4n) is 2.92. The number of nitrogens with one attached hydrogen (secondary N) is 2. The summed E-state index contributed by atoms with van der Waals surface area (Å²) in [5.74, 6) is -0.0501. The molecule has 0 atom stereocenters. The average molecular weight is 378 g/mol. The Bertz CT molecular complexity index is 863. The molecule has 0 bridgehead atoms. The quantitative estimate of drug-likeness (QED) is 0.532. The molecule has 6 heteroatoms. The Morgan fingerprint density at radius 3 is 2.50 bits per heavy atom. The van der Waals surface area contributed by atoms with Crippen LogP contribution in [0.4, 0.5) is 0 Å². The van der Waals surface area contributed by atoms with Crippen LogP contribution in [0.25, 0.3) is 11.3 Å². The molecule has 1 amide bonds. The van der Waals surface area contributed by atoms with Gasteiger partial charge in [-0.15, -0.1) is 0 Å². The van der Waals surface area contributed by atoms with E-state index in [1.807, 2.05) is 59.4 Å². The van der Waals surface area contributed by atoms with Gasteiger partial charge in [-0.25, -0.2) is 0 Å². The highest BCUT2D eigenvalue weighted by atomic mass is 16.5. The number of amides is 1. The summed E-state index contributed by atoms with van der Waals surface area (Å²) >= 11 is 0. The maximum atomic E-state index is 12.1. The minimum atomic E-state index is -0.0501. The first-order chi connectivity index (χ1) is 13.8. The van der Waals surface area contributed by atoms with Gasteiger partial charge in [-0.2, -0.15) is 5.10 Å². The van der Waals surface area contributed by atoms with Crippen molar-refractivity contribution in [1.29, 1.82) is 0 Å². The summed E-state index contributed by atoms with van der Waals surface area (Å²) in [6.07, 6.45) is 2.01. The van der Waals surface area contributed by atoms with Crippen LogP contribution >= 0.6 is 0 Å². The Morgan fingerprint density at radius 1 is 1.07 bits per heavy atom. The molecular weight excluding hydrogens is 352 g/mol. The first-order valence-corrected chi connectivity index (χ1v) is 9.38. The molecule has 0 aliphatic rings. The Labute approximate surface area is 165 Å². The highest BCUT2D eigenvalue weighted by Gasteiger charge is 2.12. The van der Waals surface area contributed by atoms with E-state index in [1.54, 1.807) is 7.11 Å². The molecule has 0 saturated heterocycles. The van der Waals surface area contributed by atoms with Gasteiger partial charge in [0.25, 0.3) is 0 Å². The fraction of sp³-hybridized carbons (Fsp3) is 0.273. The van der Waals surface area contributed by atoms with Gasteiger partial charge in [0.05, 0.1) is 25.4 Å². The lowest BCUT2D eigenvalue weighted by molar-refractivity contribution is -0.120. The zero-order chi connectivity index (χ0) is 19.6. The summed E-state index contributed by atoms with van der Waals surface area (Å²) in [6.45, 7) is 2.62. The third-order valence-corrected chi connectivity index (χ3v) is 4.32. The monoisotopic (exact) mass is 378 g/mol. The van der Waals surface area contributed by atoms with Crippen LogP contribution in [-0.4, -0.2) is 42.5 Å². The summed E-state index contributed by atoms with van der Waals surface area (Å²) in [5.41, 5.74) is 4.11. The molecule has 2 aromatic carbocycles. The molecule has 0 saturated carbocycles. The van der Waals surface area contributed by atoms with E-state index in [4.69, 9.17) is 9.84 Å². The van der Waals surface area contributed by atoms with Crippen LogP contribution in [-0.2, 0) is 22.6 Å². The highest BCUT2D eigenvalue weighted by Crippen LogP contribution is 2.22. The number of benzene rings is 2. The molecule has 3 aromatic rings. The number of carbonyl (C=O) groups is 1. The molecular formula is C22H26N4O2. The molecule has 28 heavy (non-hydrogen) atoms. The molecule has 0 aliphatic heterocycles. The van der Waals surface area contributed by atoms with Crippen LogP contribution in [0.15, 0.2) is 66.9 Å². The zero-order valence-electron chi connectivity index (χ0n) is 16.1. The van der Waals surface area contributed by atoms with Crippen molar-refractivity contribution < 1.29 is 9.53 Å². The third kappa shape index (κ3) is 5.77. The summed E-state index contributed by atoms with van der Waals surface area (Å²) in [5, 5.41) is 10.8. The number of carbonyl (C=O) groups excluding carboxylic acids is 1. The number of rotatable bonds is 10. The first-order valence-electron chi connectivity index (χ1n) is 9.38. The molecule has 1 aromatic heterocycles. The number of aromatic nitrogens is 2. The third-order valence-electron chi connectivity index (χ3n) is 4.32. The lowest BCUT2D eigenvalue weighted by Crippen LogP contribution is -2.34. The molecule has 0 spiro atoms. The van der Waals surface area contributed by atoms with Crippen molar-refractivity contribution in [1.82, 2.24) is 20.4 Å². The van der Waals surface area contributed by atoms with Gasteiger partial charge in [-0.05, 0) is 5.56 Å². The highest BCUT2D eigenvalue weighted by molar-refractivity contribution is 5.78. The number of ether oxygens (including phenoxy) is 1. The van der Waals surface area contributed by atoms with Crippen LogP contribution in [0.3, 0.4) is 0 Å². The standard InChI is InChI=1S/C22H26N4O2/c1-28-13-12-23-15-21(27)24-14-20-17-26(16-18-8-4-2-5-9-18)25-22(20)19-10-6-3-7-11-19/h2-11,17,23H,12-16H2,1H3,(H,24,27). The van der Waals surface area contributed by atoms with Crippen LogP contribution < -0.4 is 10.6 Å². The second-order valence-corrected chi connectivity index (χ2v) is 6.50. The predicted octanol–water partition coefficient (Wildman–Crippen LogP) is 2.45. The Balaban J connectivity index is 1.70. The van der Waals surface area contributed by atoms with Gasteiger partial charge in [0, 0.05) is 37.5 Å². The van der Waals surface area contributed by atoms with E-state index in [9.17, 15) is 4.79 Å².